The fraction of sp³-hybridized carbons (Fsp3) is 0.583. The van der Waals surface area contributed by atoms with Gasteiger partial charge in [-0.05, 0) is 104 Å². The number of hydrogen-bond donors (Lipinski definition) is 2. The predicted octanol–water partition coefficient (Wildman–Crippen LogP) is 7.26. The number of fused-ring (bicyclic) bond motifs is 3. The lowest BCUT2D eigenvalue weighted by molar-refractivity contribution is -0.128. The number of methoxy groups -OCH3 is 1. The van der Waals surface area contributed by atoms with E-state index in [2.05, 4.69) is 62.2 Å². The van der Waals surface area contributed by atoms with Crippen molar-refractivity contribution in [3.05, 3.63) is 59.5 Å². The van der Waals surface area contributed by atoms with Gasteiger partial charge in [-0.1, -0.05) is 45.7 Å². The summed E-state index contributed by atoms with van der Waals surface area (Å²) in [4.78, 5) is 21.1. The van der Waals surface area contributed by atoms with Crippen molar-refractivity contribution in [2.75, 3.05) is 18.6 Å². The first-order chi connectivity index (χ1) is 20.5. The molecule has 4 aliphatic carbocycles. The van der Waals surface area contributed by atoms with Crippen molar-refractivity contribution >= 4 is 11.7 Å². The highest BCUT2D eigenvalue weighted by molar-refractivity contribution is 5.95. The van der Waals surface area contributed by atoms with E-state index in [4.69, 9.17) is 9.72 Å². The van der Waals surface area contributed by atoms with Crippen LogP contribution < -0.4 is 9.64 Å². The van der Waals surface area contributed by atoms with E-state index in [-0.39, 0.29) is 28.1 Å². The van der Waals surface area contributed by atoms with Crippen LogP contribution in [0.1, 0.15) is 102 Å². The number of benzene rings is 1. The summed E-state index contributed by atoms with van der Waals surface area (Å²) in [5, 5.41) is 18.5. The summed E-state index contributed by atoms with van der Waals surface area (Å²) in [6.07, 6.45) is 13.1. The first-order valence-corrected chi connectivity index (χ1v) is 16.2. The van der Waals surface area contributed by atoms with E-state index in [0.29, 0.717) is 18.8 Å². The summed E-state index contributed by atoms with van der Waals surface area (Å²) in [5.41, 5.74) is 5.89. The second-order valence-corrected chi connectivity index (χ2v) is 14.7. The van der Waals surface area contributed by atoms with Gasteiger partial charge in [0.15, 0.2) is 0 Å². The molecule has 0 spiro atoms. The third kappa shape index (κ3) is 5.61. The Hall–Kier alpha value is -3.19. The molecule has 4 aliphatic rings. The Balaban J connectivity index is 1.30. The van der Waals surface area contributed by atoms with Gasteiger partial charge in [-0.2, -0.15) is 5.10 Å². The van der Waals surface area contributed by atoms with E-state index in [1.165, 1.54) is 11.1 Å². The first kappa shape index (κ1) is 29.9. The van der Waals surface area contributed by atoms with Crippen LogP contribution in [0.5, 0.6) is 5.75 Å². The lowest BCUT2D eigenvalue weighted by Crippen LogP contribution is -2.52. The minimum absolute atomic E-state index is 0.0302. The first-order valence-electron chi connectivity index (χ1n) is 16.2. The minimum Gasteiger partial charge on any atom is -0.496 e. The molecule has 3 aromatic rings. The highest BCUT2D eigenvalue weighted by Crippen LogP contribution is 2.58. The number of amides is 1. The van der Waals surface area contributed by atoms with Crippen molar-refractivity contribution in [1.82, 2.24) is 15.2 Å². The Kier molecular flexibility index (Phi) is 7.91. The number of hydrogen-bond acceptors (Lipinski definition) is 5. The monoisotopic (exact) mass is 584 g/mol. The SMILES string of the molecule is COc1ccc(C23CCC(CN(C(=O)C4CCCCC4O)c4cc(-c5cn[nH]c5C(C)(C)C)ccn4)(CC2)CC3)cc1C. The van der Waals surface area contributed by atoms with Gasteiger partial charge >= 0.3 is 0 Å². The molecule has 2 bridgehead atoms. The van der Waals surface area contributed by atoms with Crippen LogP contribution in [0.3, 0.4) is 0 Å². The zero-order valence-corrected chi connectivity index (χ0v) is 26.6. The van der Waals surface area contributed by atoms with Crippen LogP contribution in [-0.2, 0) is 15.6 Å². The van der Waals surface area contributed by atoms with Gasteiger partial charge < -0.3 is 9.84 Å². The molecule has 7 rings (SSSR count). The number of aromatic nitrogens is 3. The highest BCUT2D eigenvalue weighted by atomic mass is 16.5. The van der Waals surface area contributed by atoms with E-state index >= 15 is 0 Å². The van der Waals surface area contributed by atoms with Crippen LogP contribution in [0.25, 0.3) is 11.1 Å². The molecule has 0 radical (unpaired) electrons. The zero-order chi connectivity index (χ0) is 30.4. The van der Waals surface area contributed by atoms with Crippen molar-refractivity contribution < 1.29 is 14.6 Å². The summed E-state index contributed by atoms with van der Waals surface area (Å²) in [7, 11) is 1.73. The van der Waals surface area contributed by atoms with Gasteiger partial charge in [0, 0.05) is 29.4 Å². The molecular formula is C36H48N4O3. The smallest absolute Gasteiger partial charge is 0.233 e. The van der Waals surface area contributed by atoms with Crippen LogP contribution in [0.15, 0.2) is 42.7 Å². The van der Waals surface area contributed by atoms with Crippen molar-refractivity contribution in [1.29, 1.82) is 0 Å². The molecule has 7 nitrogen and oxygen atoms in total. The molecular weight excluding hydrogens is 536 g/mol. The molecule has 2 atom stereocenters. The molecule has 43 heavy (non-hydrogen) atoms. The number of pyridine rings is 1. The van der Waals surface area contributed by atoms with E-state index in [1.807, 2.05) is 23.4 Å². The maximum atomic E-state index is 14.4. The van der Waals surface area contributed by atoms with Crippen LogP contribution in [0, 0.1) is 18.3 Å². The summed E-state index contributed by atoms with van der Waals surface area (Å²) in [5.74, 6) is 1.29. The summed E-state index contributed by atoms with van der Waals surface area (Å²) >= 11 is 0. The number of aliphatic hydroxyl groups excluding tert-OH is 1. The third-order valence-corrected chi connectivity index (χ3v) is 10.9. The fourth-order valence-corrected chi connectivity index (χ4v) is 8.16. The topological polar surface area (TPSA) is 91.3 Å². The normalized spacial score (nSPS) is 27.2. The van der Waals surface area contributed by atoms with Gasteiger partial charge in [0.2, 0.25) is 5.91 Å². The minimum atomic E-state index is -0.588. The maximum Gasteiger partial charge on any atom is 0.233 e. The van der Waals surface area contributed by atoms with Crippen LogP contribution >= 0.6 is 0 Å². The summed E-state index contributed by atoms with van der Waals surface area (Å²) < 4.78 is 5.53. The number of H-pyrrole nitrogens is 1. The van der Waals surface area contributed by atoms with Crippen LogP contribution in [0.4, 0.5) is 5.82 Å². The number of anilines is 1. The second-order valence-electron chi connectivity index (χ2n) is 14.7. The average molecular weight is 585 g/mol. The molecule has 0 saturated heterocycles. The lowest BCUT2D eigenvalue weighted by Gasteiger charge is -2.55. The summed E-state index contributed by atoms with van der Waals surface area (Å²) in [6.45, 7) is 9.30. The number of rotatable bonds is 7. The Bertz CT molecular complexity index is 1450. The van der Waals surface area contributed by atoms with Gasteiger partial charge in [0.1, 0.15) is 11.6 Å². The Morgan fingerprint density at radius 1 is 1.07 bits per heavy atom. The Morgan fingerprint density at radius 2 is 1.79 bits per heavy atom. The van der Waals surface area contributed by atoms with Crippen molar-refractivity contribution in [2.45, 2.75) is 109 Å². The third-order valence-electron chi connectivity index (χ3n) is 10.9. The van der Waals surface area contributed by atoms with E-state index in [9.17, 15) is 9.90 Å². The van der Waals surface area contributed by atoms with Gasteiger partial charge in [-0.25, -0.2) is 4.98 Å². The molecule has 2 heterocycles. The van der Waals surface area contributed by atoms with Crippen molar-refractivity contribution in [2.24, 2.45) is 11.3 Å². The number of nitrogens with zero attached hydrogens (tertiary/aromatic N) is 3. The number of aromatic amines is 1. The van der Waals surface area contributed by atoms with Crippen molar-refractivity contribution in [3.8, 4) is 16.9 Å². The van der Waals surface area contributed by atoms with Crippen molar-refractivity contribution in [3.63, 3.8) is 0 Å². The number of aliphatic hydroxyl groups is 1. The Morgan fingerprint density at radius 3 is 2.44 bits per heavy atom. The van der Waals surface area contributed by atoms with Gasteiger partial charge in [-0.15, -0.1) is 0 Å². The molecule has 2 unspecified atom stereocenters. The van der Waals surface area contributed by atoms with E-state index in [1.54, 1.807) is 7.11 Å². The highest BCUT2D eigenvalue weighted by Gasteiger charge is 2.51. The van der Waals surface area contributed by atoms with Crippen LogP contribution in [0.2, 0.25) is 0 Å². The number of nitrogens with one attached hydrogen (secondary N) is 1. The van der Waals surface area contributed by atoms with E-state index < -0.39 is 6.10 Å². The molecule has 4 saturated carbocycles. The van der Waals surface area contributed by atoms with Gasteiger partial charge in [0.05, 0.1) is 25.3 Å². The molecule has 2 N–H and O–H groups in total. The van der Waals surface area contributed by atoms with Crippen LogP contribution in [-0.4, -0.2) is 46.0 Å². The molecule has 7 heteroatoms. The number of carbonyl (C=O) groups excluding carboxylic acids is 1. The molecule has 1 amide bonds. The molecule has 2 aromatic heterocycles. The Labute approximate surface area is 256 Å². The summed E-state index contributed by atoms with van der Waals surface area (Å²) in [6, 6.07) is 10.8. The number of carbonyl (C=O) groups is 1. The zero-order valence-electron chi connectivity index (χ0n) is 26.6. The largest absolute Gasteiger partial charge is 0.496 e. The maximum absolute atomic E-state index is 14.4. The molecule has 1 aromatic carbocycles. The molecule has 4 fully saturated rings. The quantitative estimate of drug-likeness (QED) is 0.305. The van der Waals surface area contributed by atoms with Gasteiger partial charge in [0.25, 0.3) is 0 Å². The fourth-order valence-electron chi connectivity index (χ4n) is 8.16. The number of ether oxygens (including phenoxy) is 1. The predicted molar refractivity (Wildman–Crippen MR) is 170 cm³/mol. The lowest BCUT2D eigenvalue weighted by atomic mass is 9.51. The molecule has 230 valence electrons. The number of aryl methyl sites for hydroxylation is 1. The van der Waals surface area contributed by atoms with E-state index in [0.717, 1.165) is 80.4 Å². The standard InChI is InChI=1S/C36H48N4O3/c1-24-20-26(10-11-30(24)43-5)36-16-13-35(14-17-36,15-18-36)23-40(33(42)27-8-6-7-9-29(27)41)31-21-25(12-19-37-31)28-22-38-39-32(28)34(2,3)4/h10-12,19-22,27,29,41H,6-9,13-18,23H2,1-5H3,(H,38,39). The second kappa shape index (κ2) is 11.4. The average Bonchev–Trinajstić information content (AvgIpc) is 3.52. The van der Waals surface area contributed by atoms with Gasteiger partial charge in [-0.3, -0.25) is 14.8 Å². The molecule has 0 aliphatic heterocycles.